The molecule has 4 nitrogen and oxygen atoms in total. The lowest BCUT2D eigenvalue weighted by Crippen LogP contribution is -2.50. The molecule has 0 bridgehead atoms. The third-order valence-electron chi connectivity index (χ3n) is 5.79. The minimum Gasteiger partial charge on any atom is -0.340 e. The van der Waals surface area contributed by atoms with Crippen LogP contribution in [-0.4, -0.2) is 60.4 Å². The molecule has 2 heterocycles. The van der Waals surface area contributed by atoms with Crippen LogP contribution in [-0.2, 0) is 11.3 Å². The monoisotopic (exact) mass is 419 g/mol. The van der Waals surface area contributed by atoms with Crippen molar-refractivity contribution in [2.75, 3.05) is 39.8 Å². The molecule has 0 aliphatic carbocycles. The summed E-state index contributed by atoms with van der Waals surface area (Å²) in [6.07, 6.45) is 0. The molecule has 3 aromatic rings. The second-order valence-corrected chi connectivity index (χ2v) is 8.70. The van der Waals surface area contributed by atoms with E-state index < -0.39 is 0 Å². The van der Waals surface area contributed by atoms with Gasteiger partial charge in [-0.2, -0.15) is 11.3 Å². The molecular formula is C25H29N3OS. The number of nitrogens with zero attached hydrogens (tertiary/aromatic N) is 3. The molecule has 156 valence electrons. The van der Waals surface area contributed by atoms with E-state index in [1.165, 1.54) is 16.7 Å². The van der Waals surface area contributed by atoms with Crippen LogP contribution in [0.3, 0.4) is 0 Å². The van der Waals surface area contributed by atoms with E-state index in [-0.39, 0.29) is 11.9 Å². The van der Waals surface area contributed by atoms with Gasteiger partial charge in [0.25, 0.3) is 0 Å². The second kappa shape index (κ2) is 10.0. The molecule has 1 aromatic heterocycles. The lowest BCUT2D eigenvalue weighted by molar-refractivity contribution is -0.132. The first-order valence-electron chi connectivity index (χ1n) is 10.5. The molecule has 1 amide bonds. The van der Waals surface area contributed by atoms with Crippen LogP contribution in [0, 0.1) is 0 Å². The zero-order valence-electron chi connectivity index (χ0n) is 17.5. The van der Waals surface area contributed by atoms with Crippen LogP contribution in [0.4, 0.5) is 0 Å². The second-order valence-electron chi connectivity index (χ2n) is 7.92. The van der Waals surface area contributed by atoms with Crippen molar-refractivity contribution in [3.63, 3.8) is 0 Å². The summed E-state index contributed by atoms with van der Waals surface area (Å²) in [5.41, 5.74) is 3.85. The fourth-order valence-corrected chi connectivity index (χ4v) is 4.78. The Bertz CT molecular complexity index is 867. The van der Waals surface area contributed by atoms with Gasteiger partial charge in [0, 0.05) is 39.8 Å². The number of carbonyl (C=O) groups is 1. The molecule has 0 spiro atoms. The highest BCUT2D eigenvalue weighted by molar-refractivity contribution is 7.07. The lowest BCUT2D eigenvalue weighted by Gasteiger charge is -2.40. The highest BCUT2D eigenvalue weighted by Crippen LogP contribution is 2.29. The van der Waals surface area contributed by atoms with Gasteiger partial charge in [-0.05, 0) is 33.5 Å². The maximum absolute atomic E-state index is 12.7. The summed E-state index contributed by atoms with van der Waals surface area (Å²) in [5, 5.41) is 4.17. The third kappa shape index (κ3) is 5.17. The van der Waals surface area contributed by atoms with E-state index in [9.17, 15) is 4.79 Å². The first kappa shape index (κ1) is 20.8. The van der Waals surface area contributed by atoms with Gasteiger partial charge in [-0.3, -0.25) is 14.6 Å². The summed E-state index contributed by atoms with van der Waals surface area (Å²) in [7, 11) is 1.90. The minimum absolute atomic E-state index is 0.192. The number of hydrogen-bond donors (Lipinski definition) is 0. The lowest BCUT2D eigenvalue weighted by atomic mass is 9.96. The molecule has 1 aliphatic heterocycles. The largest absolute Gasteiger partial charge is 0.340 e. The molecule has 5 heteroatoms. The summed E-state index contributed by atoms with van der Waals surface area (Å²) >= 11 is 1.67. The molecular weight excluding hydrogens is 390 g/mol. The van der Waals surface area contributed by atoms with Gasteiger partial charge in [-0.25, -0.2) is 0 Å². The Morgan fingerprint density at radius 1 is 0.933 bits per heavy atom. The van der Waals surface area contributed by atoms with Gasteiger partial charge >= 0.3 is 0 Å². The van der Waals surface area contributed by atoms with E-state index in [2.05, 4.69) is 87.3 Å². The van der Waals surface area contributed by atoms with E-state index in [4.69, 9.17) is 0 Å². The maximum Gasteiger partial charge on any atom is 0.236 e. The van der Waals surface area contributed by atoms with Crippen molar-refractivity contribution < 1.29 is 4.79 Å². The standard InChI is InChI=1S/C25H29N3OS/c1-26(18-21-12-17-30-20-21)24(29)19-27-13-15-28(16-14-27)25(22-8-4-2-5-9-22)23-10-6-3-7-11-23/h2-12,17,20,25H,13-16,18-19H2,1H3. The van der Waals surface area contributed by atoms with Gasteiger partial charge in [-0.15, -0.1) is 0 Å². The van der Waals surface area contributed by atoms with Crippen molar-refractivity contribution in [3.8, 4) is 0 Å². The molecule has 2 aromatic carbocycles. The minimum atomic E-state index is 0.192. The van der Waals surface area contributed by atoms with E-state index in [1.807, 2.05) is 11.9 Å². The number of piperazine rings is 1. The normalized spacial score (nSPS) is 15.4. The van der Waals surface area contributed by atoms with Crippen LogP contribution >= 0.6 is 11.3 Å². The first-order chi connectivity index (χ1) is 14.7. The van der Waals surface area contributed by atoms with Crippen LogP contribution in [0.25, 0.3) is 0 Å². The van der Waals surface area contributed by atoms with E-state index >= 15 is 0 Å². The average molecular weight is 420 g/mol. The van der Waals surface area contributed by atoms with Gasteiger partial charge in [0.15, 0.2) is 0 Å². The van der Waals surface area contributed by atoms with Crippen molar-refractivity contribution in [1.29, 1.82) is 0 Å². The molecule has 1 fully saturated rings. The first-order valence-corrected chi connectivity index (χ1v) is 11.5. The summed E-state index contributed by atoms with van der Waals surface area (Å²) in [6, 6.07) is 23.8. The number of likely N-dealkylation sites (N-methyl/N-ethyl adjacent to an activating group) is 1. The average Bonchev–Trinajstić information content (AvgIpc) is 3.30. The molecule has 1 saturated heterocycles. The molecule has 4 rings (SSSR count). The number of benzene rings is 2. The van der Waals surface area contributed by atoms with Crippen molar-refractivity contribution in [2.24, 2.45) is 0 Å². The quantitative estimate of drug-likeness (QED) is 0.577. The summed E-state index contributed by atoms with van der Waals surface area (Å²) in [4.78, 5) is 19.3. The predicted octanol–water partition coefficient (Wildman–Crippen LogP) is 4.11. The van der Waals surface area contributed by atoms with Crippen molar-refractivity contribution in [1.82, 2.24) is 14.7 Å². The summed E-state index contributed by atoms with van der Waals surface area (Å²) in [5.74, 6) is 0.192. The smallest absolute Gasteiger partial charge is 0.236 e. The molecule has 0 N–H and O–H groups in total. The van der Waals surface area contributed by atoms with Crippen molar-refractivity contribution >= 4 is 17.2 Å². The molecule has 0 radical (unpaired) electrons. The molecule has 0 unspecified atom stereocenters. The predicted molar refractivity (Wildman–Crippen MR) is 124 cm³/mol. The highest BCUT2D eigenvalue weighted by Gasteiger charge is 2.27. The fourth-order valence-electron chi connectivity index (χ4n) is 4.12. The Balaban J connectivity index is 1.37. The maximum atomic E-state index is 12.7. The number of hydrogen-bond acceptors (Lipinski definition) is 4. The van der Waals surface area contributed by atoms with Crippen LogP contribution in [0.15, 0.2) is 77.5 Å². The van der Waals surface area contributed by atoms with Gasteiger partial charge < -0.3 is 4.90 Å². The Kier molecular flexibility index (Phi) is 6.95. The van der Waals surface area contributed by atoms with Crippen molar-refractivity contribution in [3.05, 3.63) is 94.2 Å². The van der Waals surface area contributed by atoms with Gasteiger partial charge in [0.1, 0.15) is 0 Å². The third-order valence-corrected chi connectivity index (χ3v) is 6.52. The zero-order chi connectivity index (χ0) is 20.8. The molecule has 1 aliphatic rings. The Labute approximate surface area is 183 Å². The van der Waals surface area contributed by atoms with E-state index in [1.54, 1.807) is 11.3 Å². The van der Waals surface area contributed by atoms with Crippen LogP contribution in [0.2, 0.25) is 0 Å². The van der Waals surface area contributed by atoms with Crippen molar-refractivity contribution in [2.45, 2.75) is 12.6 Å². The van der Waals surface area contributed by atoms with Gasteiger partial charge in [-0.1, -0.05) is 60.7 Å². The highest BCUT2D eigenvalue weighted by atomic mass is 32.1. The fraction of sp³-hybridized carbons (Fsp3) is 0.320. The van der Waals surface area contributed by atoms with Gasteiger partial charge in [0.2, 0.25) is 5.91 Å². The van der Waals surface area contributed by atoms with Crippen LogP contribution in [0.1, 0.15) is 22.7 Å². The number of rotatable bonds is 7. The van der Waals surface area contributed by atoms with Crippen LogP contribution < -0.4 is 0 Å². The zero-order valence-corrected chi connectivity index (χ0v) is 18.3. The molecule has 0 atom stereocenters. The Hall–Kier alpha value is -2.47. The van der Waals surface area contributed by atoms with Gasteiger partial charge in [0.05, 0.1) is 12.6 Å². The Morgan fingerprint density at radius 2 is 1.53 bits per heavy atom. The Morgan fingerprint density at radius 3 is 2.07 bits per heavy atom. The van der Waals surface area contributed by atoms with Crippen LogP contribution in [0.5, 0.6) is 0 Å². The molecule has 30 heavy (non-hydrogen) atoms. The summed E-state index contributed by atoms with van der Waals surface area (Å²) in [6.45, 7) is 4.91. The topological polar surface area (TPSA) is 26.8 Å². The molecule has 0 saturated carbocycles. The summed E-state index contributed by atoms with van der Waals surface area (Å²) < 4.78 is 0. The number of thiophene rings is 1. The SMILES string of the molecule is CN(Cc1ccsc1)C(=O)CN1CCN(C(c2ccccc2)c2ccccc2)CC1. The number of carbonyl (C=O) groups excluding carboxylic acids is 1. The van der Waals surface area contributed by atoms with E-state index in [0.29, 0.717) is 13.1 Å². The number of amides is 1. The van der Waals surface area contributed by atoms with E-state index in [0.717, 1.165) is 26.2 Å².